The van der Waals surface area contributed by atoms with Crippen LogP contribution in [0, 0.1) is 0 Å². The van der Waals surface area contributed by atoms with E-state index in [2.05, 4.69) is 38.2 Å². The lowest BCUT2D eigenvalue weighted by atomic mass is 10.0. The molecule has 2 aliphatic heterocycles. The van der Waals surface area contributed by atoms with Crippen LogP contribution in [0.15, 0.2) is 24.3 Å². The monoisotopic (exact) mass is 603 g/mol. The summed E-state index contributed by atoms with van der Waals surface area (Å²) in [7, 11) is 0. The minimum atomic E-state index is 0.460. The van der Waals surface area contributed by atoms with Gasteiger partial charge in [-0.2, -0.15) is 0 Å². The molecule has 0 amide bonds. The van der Waals surface area contributed by atoms with Crippen molar-refractivity contribution in [1.29, 1.82) is 0 Å². The van der Waals surface area contributed by atoms with Crippen LogP contribution in [0.4, 0.5) is 0 Å². The van der Waals surface area contributed by atoms with Crippen molar-refractivity contribution < 1.29 is 14.2 Å². The lowest BCUT2D eigenvalue weighted by molar-refractivity contribution is -0.0557. The standard InChI is InChI=1S/C40H74O3/c1-3-37(29-25-21-17-13-9-5-7-11-15-19-23-27-31-39-33-35-41-39)43-38(4-2)30-26-22-18-14-10-6-8-12-16-20-24-28-32-40-34-36-42-40/h5-6,9-10,37-40H,3-4,7-8,11-36H2,1-2H3/b9-5-,10-6-. The molecule has 0 aromatic rings. The minimum Gasteiger partial charge on any atom is -0.378 e. The van der Waals surface area contributed by atoms with Crippen LogP contribution < -0.4 is 0 Å². The van der Waals surface area contributed by atoms with E-state index in [1.807, 2.05) is 0 Å². The molecule has 3 nitrogen and oxygen atoms in total. The number of ether oxygens (including phenoxy) is 3. The molecule has 252 valence electrons. The van der Waals surface area contributed by atoms with E-state index >= 15 is 0 Å². The van der Waals surface area contributed by atoms with E-state index in [9.17, 15) is 0 Å². The van der Waals surface area contributed by atoms with E-state index in [1.165, 1.54) is 167 Å². The topological polar surface area (TPSA) is 27.7 Å². The first-order valence-electron chi connectivity index (χ1n) is 19.5. The minimum absolute atomic E-state index is 0.460. The Morgan fingerprint density at radius 3 is 1.14 bits per heavy atom. The first kappa shape index (κ1) is 38.5. The van der Waals surface area contributed by atoms with Crippen LogP contribution in [0.3, 0.4) is 0 Å². The van der Waals surface area contributed by atoms with Gasteiger partial charge in [-0.3, -0.25) is 0 Å². The van der Waals surface area contributed by atoms with Crippen molar-refractivity contribution in [3.05, 3.63) is 24.3 Å². The Hall–Kier alpha value is -0.640. The molecule has 2 heterocycles. The summed E-state index contributed by atoms with van der Waals surface area (Å²) in [6.45, 7) is 6.62. The summed E-state index contributed by atoms with van der Waals surface area (Å²) in [6, 6.07) is 0. The third-order valence-electron chi connectivity index (χ3n) is 9.80. The summed E-state index contributed by atoms with van der Waals surface area (Å²) in [4.78, 5) is 0. The molecule has 3 heteroatoms. The molecular formula is C40H74O3. The maximum absolute atomic E-state index is 6.56. The summed E-state index contributed by atoms with van der Waals surface area (Å²) in [5.41, 5.74) is 0. The second-order valence-electron chi connectivity index (χ2n) is 13.7. The average molecular weight is 603 g/mol. The number of unbranched alkanes of at least 4 members (excludes halogenated alkanes) is 16. The quantitative estimate of drug-likeness (QED) is 0.0566. The molecule has 0 saturated carbocycles. The zero-order chi connectivity index (χ0) is 30.5. The van der Waals surface area contributed by atoms with Gasteiger partial charge in [0.15, 0.2) is 0 Å². The molecule has 0 aromatic carbocycles. The molecule has 2 saturated heterocycles. The van der Waals surface area contributed by atoms with Gasteiger partial charge in [0, 0.05) is 13.2 Å². The average Bonchev–Trinajstić information content (AvgIpc) is 2.97. The maximum atomic E-state index is 6.56. The van der Waals surface area contributed by atoms with Gasteiger partial charge in [0.05, 0.1) is 24.4 Å². The van der Waals surface area contributed by atoms with Gasteiger partial charge >= 0.3 is 0 Å². The number of hydrogen-bond acceptors (Lipinski definition) is 3. The second-order valence-corrected chi connectivity index (χ2v) is 13.7. The number of allylic oxidation sites excluding steroid dienone is 4. The van der Waals surface area contributed by atoms with Crippen molar-refractivity contribution in [2.45, 2.75) is 218 Å². The lowest BCUT2D eigenvalue weighted by Crippen LogP contribution is -2.26. The molecule has 0 N–H and O–H groups in total. The Bertz CT molecular complexity index is 582. The van der Waals surface area contributed by atoms with E-state index in [0.29, 0.717) is 24.4 Å². The molecular weight excluding hydrogens is 528 g/mol. The van der Waals surface area contributed by atoms with Crippen LogP contribution in [0.1, 0.15) is 194 Å². The molecule has 0 aliphatic carbocycles. The summed E-state index contributed by atoms with van der Waals surface area (Å²) in [5, 5.41) is 0. The molecule has 43 heavy (non-hydrogen) atoms. The highest BCUT2D eigenvalue weighted by Gasteiger charge is 2.17. The molecule has 0 aromatic heterocycles. The van der Waals surface area contributed by atoms with Crippen molar-refractivity contribution in [2.24, 2.45) is 0 Å². The highest BCUT2D eigenvalue weighted by Crippen LogP contribution is 2.21. The van der Waals surface area contributed by atoms with Gasteiger partial charge in [0.1, 0.15) is 0 Å². The van der Waals surface area contributed by atoms with Crippen molar-refractivity contribution in [3.63, 3.8) is 0 Å². The van der Waals surface area contributed by atoms with Gasteiger partial charge in [-0.05, 0) is 103 Å². The van der Waals surface area contributed by atoms with Gasteiger partial charge in [0.2, 0.25) is 0 Å². The van der Waals surface area contributed by atoms with Crippen molar-refractivity contribution in [2.75, 3.05) is 13.2 Å². The van der Waals surface area contributed by atoms with Crippen LogP contribution in [0.25, 0.3) is 0 Å². The van der Waals surface area contributed by atoms with Crippen LogP contribution in [-0.4, -0.2) is 37.6 Å². The molecule has 2 fully saturated rings. The van der Waals surface area contributed by atoms with Gasteiger partial charge < -0.3 is 14.2 Å². The Morgan fingerprint density at radius 2 is 0.814 bits per heavy atom. The summed E-state index contributed by atoms with van der Waals surface area (Å²) >= 11 is 0. The molecule has 0 spiro atoms. The highest BCUT2D eigenvalue weighted by atomic mass is 16.5. The highest BCUT2D eigenvalue weighted by molar-refractivity contribution is 4.82. The zero-order valence-corrected chi connectivity index (χ0v) is 29.1. The lowest BCUT2D eigenvalue weighted by Gasteiger charge is -2.26. The summed E-state index contributed by atoms with van der Waals surface area (Å²) in [6.07, 6.45) is 48.7. The molecule has 4 atom stereocenters. The normalized spacial score (nSPS) is 20.0. The molecule has 0 bridgehead atoms. The third kappa shape index (κ3) is 22.5. The SMILES string of the molecule is CCC(CCCCC/C=C\CCCCCCCC1CCO1)OC(CC)CCCCC/C=C\CCCCCCCC1CCO1. The molecule has 0 radical (unpaired) electrons. The van der Waals surface area contributed by atoms with Crippen LogP contribution in [0.5, 0.6) is 0 Å². The van der Waals surface area contributed by atoms with Crippen molar-refractivity contribution >= 4 is 0 Å². The number of hydrogen-bond donors (Lipinski definition) is 0. The van der Waals surface area contributed by atoms with Gasteiger partial charge in [-0.15, -0.1) is 0 Å². The smallest absolute Gasteiger partial charge is 0.0597 e. The Balaban J connectivity index is 1.31. The van der Waals surface area contributed by atoms with E-state index in [0.717, 1.165) is 26.1 Å². The fraction of sp³-hybridized carbons (Fsp3) is 0.900. The van der Waals surface area contributed by atoms with Gasteiger partial charge in [0.25, 0.3) is 0 Å². The first-order chi connectivity index (χ1) is 21.3. The Labute approximate surface area is 269 Å². The van der Waals surface area contributed by atoms with Crippen LogP contribution >= 0.6 is 0 Å². The fourth-order valence-electron chi connectivity index (χ4n) is 6.46. The molecule has 4 unspecified atom stereocenters. The third-order valence-corrected chi connectivity index (χ3v) is 9.80. The second kappa shape index (κ2) is 28.8. The first-order valence-corrected chi connectivity index (χ1v) is 19.5. The van der Waals surface area contributed by atoms with Gasteiger partial charge in [-0.25, -0.2) is 0 Å². The Kier molecular flexibility index (Phi) is 25.8. The summed E-state index contributed by atoms with van der Waals surface area (Å²) < 4.78 is 17.6. The van der Waals surface area contributed by atoms with Crippen molar-refractivity contribution in [1.82, 2.24) is 0 Å². The fourth-order valence-corrected chi connectivity index (χ4v) is 6.46. The van der Waals surface area contributed by atoms with E-state index in [4.69, 9.17) is 14.2 Å². The predicted octanol–water partition coefficient (Wildman–Crippen LogP) is 12.6. The number of rotatable bonds is 32. The molecule has 2 rings (SSSR count). The Morgan fingerprint density at radius 1 is 0.488 bits per heavy atom. The molecule has 2 aliphatic rings. The summed E-state index contributed by atoms with van der Waals surface area (Å²) in [5.74, 6) is 0. The van der Waals surface area contributed by atoms with Crippen molar-refractivity contribution in [3.8, 4) is 0 Å². The van der Waals surface area contributed by atoms with E-state index < -0.39 is 0 Å². The van der Waals surface area contributed by atoms with E-state index in [1.54, 1.807) is 0 Å². The van der Waals surface area contributed by atoms with Crippen LogP contribution in [0.2, 0.25) is 0 Å². The predicted molar refractivity (Wildman–Crippen MR) is 187 cm³/mol. The maximum Gasteiger partial charge on any atom is 0.0597 e. The van der Waals surface area contributed by atoms with E-state index in [-0.39, 0.29) is 0 Å². The largest absolute Gasteiger partial charge is 0.378 e. The zero-order valence-electron chi connectivity index (χ0n) is 29.1. The van der Waals surface area contributed by atoms with Gasteiger partial charge in [-0.1, -0.05) is 115 Å². The van der Waals surface area contributed by atoms with Crippen LogP contribution in [-0.2, 0) is 14.2 Å².